The molecule has 0 spiro atoms. The van der Waals surface area contributed by atoms with Gasteiger partial charge in [-0.2, -0.15) is 0 Å². The third kappa shape index (κ3) is 12.6. The van der Waals surface area contributed by atoms with Gasteiger partial charge in [-0.25, -0.2) is 0 Å². The van der Waals surface area contributed by atoms with Crippen LogP contribution >= 0.6 is 0 Å². The molecule has 3 heterocycles. The minimum Gasteiger partial charge on any atom is -0.462 e. The van der Waals surface area contributed by atoms with Crippen molar-refractivity contribution in [2.45, 2.75) is 185 Å². The van der Waals surface area contributed by atoms with Crippen molar-refractivity contribution in [2.24, 2.45) is 40.5 Å². The molecule has 0 aromatic heterocycles. The normalized spacial score (nSPS) is 39.4. The van der Waals surface area contributed by atoms with Gasteiger partial charge >= 0.3 is 5.97 Å². The standard InChI is InChI=1S/C46H72N3O7/c1-4-31-13-15-42(55-30(2)50)27-40(53)21-32(33-14-16-44(45(24-33)54-3)56-41-12-6-11-39(52)26-41)9-7-18-48-46-25-35(17-19-49-46)43(34-8-5-10-38(51)22-34)23-37-29-47-28-36(37)20-31/h28-29,31-35,38-39,41-46,48-49,51-52H,4-6,8,10-27H2,1-3H3/q+1/p+1/t31-,32-,33?,34?,35?,38?,39?,41?,42+,43-,44?,45?,46?/m0/s1. The highest BCUT2D eigenvalue weighted by atomic mass is 16.5. The van der Waals surface area contributed by atoms with Crippen molar-refractivity contribution in [1.29, 1.82) is 0 Å². The summed E-state index contributed by atoms with van der Waals surface area (Å²) in [6.45, 7) is 7.41. The number of hydrogen-bond acceptors (Lipinski definition) is 9. The maximum Gasteiger partial charge on any atom is 0.302 e. The number of allylic oxidation sites excluding steroid dienone is 1. The molecule has 2 bridgehead atoms. The lowest BCUT2D eigenvalue weighted by Gasteiger charge is -2.40. The molecule has 1 saturated heterocycles. The van der Waals surface area contributed by atoms with Crippen LogP contribution in [0.15, 0.2) is 16.1 Å². The zero-order valence-electron chi connectivity index (χ0n) is 34.7. The van der Waals surface area contributed by atoms with Crippen LogP contribution in [0, 0.1) is 53.9 Å². The predicted octanol–water partition coefficient (Wildman–Crippen LogP) is 5.59. The number of ether oxygens (including phenoxy) is 3. The first kappa shape index (κ1) is 43.3. The quantitative estimate of drug-likeness (QED) is 0.149. The van der Waals surface area contributed by atoms with E-state index < -0.39 is 6.10 Å². The molecule has 0 aromatic carbocycles. The van der Waals surface area contributed by atoms with Crippen LogP contribution in [0.1, 0.15) is 142 Å². The summed E-state index contributed by atoms with van der Waals surface area (Å²) >= 11 is 0. The number of nitrogens with two attached hydrogens (primary N) is 1. The van der Waals surface area contributed by atoms with E-state index in [1.807, 2.05) is 0 Å². The number of aliphatic hydroxyl groups is 2. The molecule has 56 heavy (non-hydrogen) atoms. The number of aliphatic hydroxyl groups excluding tert-OH is 2. The molecule has 4 fully saturated rings. The van der Waals surface area contributed by atoms with Crippen molar-refractivity contribution in [1.82, 2.24) is 5.32 Å². The molecule has 3 aliphatic heterocycles. The fourth-order valence-corrected chi connectivity index (χ4v) is 11.2. The topological polar surface area (TPSA) is 143 Å². The Morgan fingerprint density at radius 2 is 1.70 bits per heavy atom. The molecule has 0 aromatic rings. The lowest BCUT2D eigenvalue weighted by Crippen LogP contribution is -2.95. The highest BCUT2D eigenvalue weighted by Crippen LogP contribution is 2.43. The summed E-state index contributed by atoms with van der Waals surface area (Å²) in [5.74, 6) is 8.85. The summed E-state index contributed by atoms with van der Waals surface area (Å²) in [5.41, 5.74) is 2.68. The second-order valence-electron chi connectivity index (χ2n) is 18.3. The first-order valence-corrected chi connectivity index (χ1v) is 22.5. The van der Waals surface area contributed by atoms with Gasteiger partial charge in [0.05, 0.1) is 49.2 Å². The number of quaternary nitrogens is 1. The van der Waals surface area contributed by atoms with Crippen molar-refractivity contribution in [3.8, 4) is 11.8 Å². The number of methoxy groups -OCH3 is 1. The van der Waals surface area contributed by atoms with Gasteiger partial charge in [-0.1, -0.05) is 31.6 Å². The summed E-state index contributed by atoms with van der Waals surface area (Å²) in [6.07, 6.45) is 18.7. The molecular formula is C46H73N3O7+2. The Hall–Kier alpha value is -2.26. The Balaban J connectivity index is 1.21. The number of esters is 1. The van der Waals surface area contributed by atoms with Crippen LogP contribution in [-0.4, -0.2) is 91.2 Å². The van der Waals surface area contributed by atoms with Crippen LogP contribution in [0.25, 0.3) is 0 Å². The molecule has 6 rings (SSSR count). The van der Waals surface area contributed by atoms with Gasteiger partial charge in [-0.3, -0.25) is 14.9 Å². The Bertz CT molecular complexity index is 1410. The third-order valence-corrected chi connectivity index (χ3v) is 14.3. The molecule has 0 radical (unpaired) electrons. The molecule has 0 amide bonds. The number of fused-ring (bicyclic) bond motifs is 2. The zero-order chi connectivity index (χ0) is 39.4. The SMILES string of the molecule is CC[C@H]1CC[C@@H](OC(C)=O)CC(=O)C[C@@H](C2CCC(OC3CCCC(O)C3)C(OC)C2)C#CCNC2CC(CC[NH2+]2)[C@H](C2CCCC(O)C2)CC2=C(C=N[CH+]2)C1. The second kappa shape index (κ2) is 21.7. The number of carbonyl (C=O) groups is 2. The number of piperidine rings is 1. The predicted molar refractivity (Wildman–Crippen MR) is 217 cm³/mol. The highest BCUT2D eigenvalue weighted by Gasteiger charge is 2.41. The zero-order valence-corrected chi connectivity index (χ0v) is 34.7. The number of aliphatic imine (C=N–C) groups is 1. The fraction of sp³-hybridized carbons (Fsp3) is 0.826. The average Bonchev–Trinajstić information content (AvgIpc) is 3.62. The summed E-state index contributed by atoms with van der Waals surface area (Å²) in [7, 11) is 1.76. The number of rotatable bonds is 7. The van der Waals surface area contributed by atoms with Gasteiger partial charge in [0.2, 0.25) is 0 Å². The number of nitrogens with one attached hydrogen (secondary N) is 1. The van der Waals surface area contributed by atoms with E-state index in [2.05, 4.69) is 47.1 Å². The van der Waals surface area contributed by atoms with Crippen LogP contribution in [0.4, 0.5) is 0 Å². The van der Waals surface area contributed by atoms with Crippen LogP contribution in [0.2, 0.25) is 0 Å². The van der Waals surface area contributed by atoms with Crippen molar-refractivity contribution in [2.75, 3.05) is 20.2 Å². The smallest absolute Gasteiger partial charge is 0.302 e. The molecule has 10 heteroatoms. The third-order valence-electron chi connectivity index (χ3n) is 14.3. The van der Waals surface area contributed by atoms with Crippen LogP contribution in [-0.2, 0) is 23.8 Å². The van der Waals surface area contributed by atoms with E-state index in [1.165, 1.54) is 30.9 Å². The highest BCUT2D eigenvalue weighted by molar-refractivity contribution is 5.84. The van der Waals surface area contributed by atoms with Crippen LogP contribution < -0.4 is 10.6 Å². The summed E-state index contributed by atoms with van der Waals surface area (Å²) in [4.78, 5) is 30.9. The molecule has 10 nitrogen and oxygen atoms in total. The monoisotopic (exact) mass is 780 g/mol. The number of carbonyl (C=O) groups excluding carboxylic acids is 2. The van der Waals surface area contributed by atoms with Gasteiger partial charge in [-0.15, -0.1) is 4.99 Å². The van der Waals surface area contributed by atoms with Crippen molar-refractivity contribution >= 4 is 18.0 Å². The van der Waals surface area contributed by atoms with Crippen LogP contribution in [0.3, 0.4) is 0 Å². The lowest BCUT2D eigenvalue weighted by molar-refractivity contribution is -0.705. The fourth-order valence-electron chi connectivity index (χ4n) is 11.2. The molecule has 6 aliphatic rings. The van der Waals surface area contributed by atoms with E-state index in [-0.39, 0.29) is 66.7 Å². The van der Waals surface area contributed by atoms with Gasteiger partial charge < -0.3 is 29.7 Å². The van der Waals surface area contributed by atoms with E-state index in [0.717, 1.165) is 96.4 Å². The number of nitrogens with zero attached hydrogens (tertiary/aromatic N) is 1. The molecular weight excluding hydrogens is 707 g/mol. The van der Waals surface area contributed by atoms with E-state index in [4.69, 9.17) is 14.2 Å². The summed E-state index contributed by atoms with van der Waals surface area (Å²) < 4.78 is 18.4. The van der Waals surface area contributed by atoms with Gasteiger partial charge in [0.15, 0.2) is 6.21 Å². The van der Waals surface area contributed by atoms with Crippen LogP contribution in [0.5, 0.6) is 0 Å². The van der Waals surface area contributed by atoms with Gasteiger partial charge in [0.1, 0.15) is 30.2 Å². The first-order valence-electron chi connectivity index (χ1n) is 22.5. The van der Waals surface area contributed by atoms with E-state index in [0.29, 0.717) is 49.5 Å². The number of hydrogen-bond donors (Lipinski definition) is 4. The minimum atomic E-state index is -0.453. The first-order chi connectivity index (χ1) is 27.2. The molecule has 9 unspecified atom stereocenters. The Kier molecular flexibility index (Phi) is 16.8. The number of Topliss-reactive ketones (excluding diaryl/α,β-unsaturated/α-hetero) is 1. The Labute approximate surface area is 337 Å². The average molecular weight is 780 g/mol. The Morgan fingerprint density at radius 3 is 2.46 bits per heavy atom. The molecule has 3 aliphatic carbocycles. The maximum atomic E-state index is 13.9. The summed E-state index contributed by atoms with van der Waals surface area (Å²) in [5, 5.41) is 27.2. The Morgan fingerprint density at radius 1 is 0.893 bits per heavy atom. The summed E-state index contributed by atoms with van der Waals surface area (Å²) in [6, 6.07) is 0. The van der Waals surface area contributed by atoms with E-state index in [1.54, 1.807) is 7.11 Å². The van der Waals surface area contributed by atoms with Gasteiger partial charge in [-0.05, 0) is 113 Å². The number of ketones is 1. The van der Waals surface area contributed by atoms with E-state index >= 15 is 0 Å². The van der Waals surface area contributed by atoms with Crippen molar-refractivity contribution < 1.29 is 39.3 Å². The van der Waals surface area contributed by atoms with E-state index in [9.17, 15) is 19.8 Å². The molecule has 3 saturated carbocycles. The molecule has 13 atom stereocenters. The lowest BCUT2D eigenvalue weighted by atomic mass is 9.68. The molecule has 5 N–H and O–H groups in total. The van der Waals surface area contributed by atoms with Crippen molar-refractivity contribution in [3.05, 3.63) is 17.7 Å². The molecule has 312 valence electrons. The second-order valence-corrected chi connectivity index (χ2v) is 18.3. The van der Waals surface area contributed by atoms with Crippen molar-refractivity contribution in [3.63, 3.8) is 0 Å². The minimum absolute atomic E-state index is 0.0278. The van der Waals surface area contributed by atoms with Gasteiger partial charge in [0, 0.05) is 52.1 Å². The maximum absolute atomic E-state index is 13.9. The largest absolute Gasteiger partial charge is 0.462 e. The van der Waals surface area contributed by atoms with Gasteiger partial charge in [0.25, 0.3) is 0 Å².